The molecule has 1 unspecified atom stereocenters. The van der Waals surface area contributed by atoms with E-state index in [0.29, 0.717) is 5.92 Å². The molecule has 134 valence electrons. The Morgan fingerprint density at radius 2 is 1.92 bits per heavy atom. The monoisotopic (exact) mass is 335 g/mol. The zero-order valence-electron chi connectivity index (χ0n) is 14.9. The Labute approximate surface area is 144 Å². The van der Waals surface area contributed by atoms with E-state index < -0.39 is 12.0 Å². The van der Waals surface area contributed by atoms with Crippen molar-refractivity contribution >= 4 is 5.97 Å². The second kappa shape index (κ2) is 9.04. The summed E-state index contributed by atoms with van der Waals surface area (Å²) < 4.78 is 11.0. The lowest BCUT2D eigenvalue weighted by atomic mass is 9.96. The summed E-state index contributed by atoms with van der Waals surface area (Å²) in [6.07, 6.45) is 3.27. The van der Waals surface area contributed by atoms with Gasteiger partial charge in [-0.15, -0.1) is 0 Å². The van der Waals surface area contributed by atoms with Crippen LogP contribution < -0.4 is 4.74 Å². The smallest absolute Gasteiger partial charge is 0.325 e. The molecule has 0 aliphatic carbocycles. The molecule has 1 aliphatic rings. The van der Waals surface area contributed by atoms with E-state index in [1.807, 2.05) is 50.1 Å². The number of rotatable bonds is 8. The van der Waals surface area contributed by atoms with Gasteiger partial charge in [0.05, 0.1) is 6.10 Å². The highest BCUT2D eigenvalue weighted by atomic mass is 16.5. The molecule has 5 heteroatoms. The van der Waals surface area contributed by atoms with Crippen molar-refractivity contribution in [2.75, 3.05) is 26.8 Å². The van der Waals surface area contributed by atoms with Crippen molar-refractivity contribution in [2.45, 2.75) is 45.3 Å². The van der Waals surface area contributed by atoms with E-state index in [4.69, 9.17) is 9.47 Å². The number of aliphatic carboxylic acids is 1. The molecule has 1 heterocycles. The number of benzene rings is 1. The molecule has 1 aliphatic heterocycles. The highest BCUT2D eigenvalue weighted by molar-refractivity contribution is 5.75. The number of carboxylic acids is 1. The summed E-state index contributed by atoms with van der Waals surface area (Å²) in [6, 6.07) is 6.76. The fraction of sp³-hybridized carbons (Fsp3) is 0.632. The molecule has 0 bridgehead atoms. The summed E-state index contributed by atoms with van der Waals surface area (Å²) in [5.41, 5.74) is 0.785. The Morgan fingerprint density at radius 1 is 1.29 bits per heavy atom. The first kappa shape index (κ1) is 18.7. The highest BCUT2D eigenvalue weighted by Crippen LogP contribution is 2.25. The largest absolute Gasteiger partial charge is 0.491 e. The van der Waals surface area contributed by atoms with Crippen LogP contribution in [-0.4, -0.2) is 48.9 Å². The van der Waals surface area contributed by atoms with Gasteiger partial charge in [-0.2, -0.15) is 0 Å². The van der Waals surface area contributed by atoms with E-state index in [2.05, 4.69) is 0 Å². The maximum Gasteiger partial charge on any atom is 0.325 e. The van der Waals surface area contributed by atoms with Gasteiger partial charge in [0, 0.05) is 13.2 Å². The standard InChI is InChI=1S/C19H29NO4/c1-14(2)24-17-6-4-16(5-7-17)18(19(21)22)20(3)11-8-15-9-12-23-13-10-15/h4-7,14-15,18H,8-13H2,1-3H3,(H,21,22). The van der Waals surface area contributed by atoms with E-state index in [0.717, 1.165) is 50.3 Å². The third kappa shape index (κ3) is 5.49. The molecule has 2 rings (SSSR count). The zero-order valence-corrected chi connectivity index (χ0v) is 14.9. The first-order valence-electron chi connectivity index (χ1n) is 8.74. The van der Waals surface area contributed by atoms with Gasteiger partial charge >= 0.3 is 5.97 Å². The number of hydrogen-bond acceptors (Lipinski definition) is 4. The van der Waals surface area contributed by atoms with Crippen LogP contribution in [-0.2, 0) is 9.53 Å². The van der Waals surface area contributed by atoms with Crippen molar-refractivity contribution in [3.8, 4) is 5.75 Å². The summed E-state index contributed by atoms with van der Waals surface area (Å²) in [6.45, 7) is 6.37. The number of carbonyl (C=O) groups is 1. The molecule has 1 saturated heterocycles. The van der Waals surface area contributed by atoms with Gasteiger partial charge in [-0.1, -0.05) is 12.1 Å². The van der Waals surface area contributed by atoms with Gasteiger partial charge in [0.1, 0.15) is 11.8 Å². The predicted octanol–water partition coefficient (Wildman–Crippen LogP) is 3.35. The molecule has 24 heavy (non-hydrogen) atoms. The van der Waals surface area contributed by atoms with Crippen LogP contribution in [0.3, 0.4) is 0 Å². The summed E-state index contributed by atoms with van der Waals surface area (Å²) in [5.74, 6) is 0.585. The van der Waals surface area contributed by atoms with Gasteiger partial charge in [0.25, 0.3) is 0 Å². The van der Waals surface area contributed by atoms with Crippen LogP contribution in [0.2, 0.25) is 0 Å². The fourth-order valence-corrected chi connectivity index (χ4v) is 3.14. The maximum absolute atomic E-state index is 11.8. The van der Waals surface area contributed by atoms with E-state index >= 15 is 0 Å². The van der Waals surface area contributed by atoms with Gasteiger partial charge in [-0.05, 0) is 70.3 Å². The lowest BCUT2D eigenvalue weighted by Crippen LogP contribution is -2.33. The van der Waals surface area contributed by atoms with Crippen molar-refractivity contribution in [3.63, 3.8) is 0 Å². The molecule has 1 aromatic rings. The normalized spacial score (nSPS) is 17.2. The van der Waals surface area contributed by atoms with Gasteiger partial charge in [0.2, 0.25) is 0 Å². The average Bonchev–Trinajstić information content (AvgIpc) is 2.55. The molecule has 1 aromatic carbocycles. The second-order valence-electron chi connectivity index (χ2n) is 6.80. The minimum absolute atomic E-state index is 0.105. The average molecular weight is 335 g/mol. The molecular formula is C19H29NO4. The molecule has 1 atom stereocenters. The van der Waals surface area contributed by atoms with Crippen LogP contribution >= 0.6 is 0 Å². The van der Waals surface area contributed by atoms with Crippen LogP contribution in [0.25, 0.3) is 0 Å². The highest BCUT2D eigenvalue weighted by Gasteiger charge is 2.25. The topological polar surface area (TPSA) is 59.0 Å². The molecule has 1 fully saturated rings. The summed E-state index contributed by atoms with van der Waals surface area (Å²) in [4.78, 5) is 13.7. The van der Waals surface area contributed by atoms with Crippen LogP contribution in [0.1, 0.15) is 44.7 Å². The first-order valence-corrected chi connectivity index (χ1v) is 8.74. The lowest BCUT2D eigenvalue weighted by molar-refractivity contribution is -0.143. The minimum Gasteiger partial charge on any atom is -0.491 e. The van der Waals surface area contributed by atoms with Crippen molar-refractivity contribution in [3.05, 3.63) is 29.8 Å². The SMILES string of the molecule is CC(C)Oc1ccc(C(C(=O)O)N(C)CCC2CCOCC2)cc1. The molecule has 0 aromatic heterocycles. The van der Waals surface area contributed by atoms with Crippen molar-refractivity contribution in [1.82, 2.24) is 4.90 Å². The van der Waals surface area contributed by atoms with Crippen molar-refractivity contribution in [2.24, 2.45) is 5.92 Å². The van der Waals surface area contributed by atoms with E-state index in [-0.39, 0.29) is 6.10 Å². The van der Waals surface area contributed by atoms with Gasteiger partial charge in [-0.3, -0.25) is 9.69 Å². The number of carboxylic acid groups (broad SMARTS) is 1. The second-order valence-corrected chi connectivity index (χ2v) is 6.80. The number of ether oxygens (including phenoxy) is 2. The molecule has 0 amide bonds. The van der Waals surface area contributed by atoms with Crippen LogP contribution in [0, 0.1) is 5.92 Å². The third-order valence-corrected chi connectivity index (χ3v) is 4.47. The summed E-state index contributed by atoms with van der Waals surface area (Å²) >= 11 is 0. The lowest BCUT2D eigenvalue weighted by Gasteiger charge is -2.28. The van der Waals surface area contributed by atoms with Gasteiger partial charge in [-0.25, -0.2) is 0 Å². The van der Waals surface area contributed by atoms with Crippen molar-refractivity contribution < 1.29 is 19.4 Å². The Bertz CT molecular complexity index is 509. The number of nitrogens with zero attached hydrogens (tertiary/aromatic N) is 1. The molecule has 0 spiro atoms. The summed E-state index contributed by atoms with van der Waals surface area (Å²) in [5, 5.41) is 9.66. The molecule has 0 saturated carbocycles. The zero-order chi connectivity index (χ0) is 17.5. The van der Waals surface area contributed by atoms with Crippen LogP contribution in [0.5, 0.6) is 5.75 Å². The first-order chi connectivity index (χ1) is 11.5. The number of likely N-dealkylation sites (N-methyl/N-ethyl adjacent to an activating group) is 1. The molecule has 1 N–H and O–H groups in total. The van der Waals surface area contributed by atoms with E-state index in [1.165, 1.54) is 0 Å². The molecule has 0 radical (unpaired) electrons. The van der Waals surface area contributed by atoms with Gasteiger partial charge < -0.3 is 14.6 Å². The molecular weight excluding hydrogens is 306 g/mol. The minimum atomic E-state index is -0.818. The van der Waals surface area contributed by atoms with E-state index in [1.54, 1.807) is 0 Å². The Balaban J connectivity index is 1.98. The van der Waals surface area contributed by atoms with Crippen LogP contribution in [0.4, 0.5) is 0 Å². The number of hydrogen-bond donors (Lipinski definition) is 1. The Morgan fingerprint density at radius 3 is 2.46 bits per heavy atom. The molecule has 5 nitrogen and oxygen atoms in total. The third-order valence-electron chi connectivity index (χ3n) is 4.47. The fourth-order valence-electron chi connectivity index (χ4n) is 3.14. The Kier molecular flexibility index (Phi) is 7.06. The van der Waals surface area contributed by atoms with Gasteiger partial charge in [0.15, 0.2) is 0 Å². The summed E-state index contributed by atoms with van der Waals surface area (Å²) in [7, 11) is 1.89. The Hall–Kier alpha value is -1.59. The quantitative estimate of drug-likeness (QED) is 0.789. The van der Waals surface area contributed by atoms with Crippen molar-refractivity contribution in [1.29, 1.82) is 0 Å². The van der Waals surface area contributed by atoms with Crippen LogP contribution in [0.15, 0.2) is 24.3 Å². The predicted molar refractivity (Wildman–Crippen MR) is 93.4 cm³/mol. The van der Waals surface area contributed by atoms with E-state index in [9.17, 15) is 9.90 Å². The maximum atomic E-state index is 11.8.